The molecule has 0 bridgehead atoms. The summed E-state index contributed by atoms with van der Waals surface area (Å²) in [5.41, 5.74) is 5.22. The molecule has 206 valence electrons. The number of aldehydes is 1. The molecule has 0 spiro atoms. The van der Waals surface area contributed by atoms with E-state index in [0.717, 1.165) is 6.92 Å². The minimum absolute atomic E-state index is 0.218. The molecule has 0 rings (SSSR count). The van der Waals surface area contributed by atoms with Crippen LogP contribution >= 0.6 is 0 Å². The van der Waals surface area contributed by atoms with Gasteiger partial charge in [-0.15, -0.1) is 0 Å². The number of hydrogen-bond donors (Lipinski definition) is 8. The van der Waals surface area contributed by atoms with Crippen molar-refractivity contribution in [2.45, 2.75) is 83.1 Å². The number of amides is 4. The van der Waals surface area contributed by atoms with Gasteiger partial charge in [0.2, 0.25) is 23.6 Å². The predicted octanol–water partition coefficient (Wildman–Crippen LogP) is -3.85. The van der Waals surface area contributed by atoms with Crippen molar-refractivity contribution in [3.63, 3.8) is 0 Å². The molecule has 0 aromatic rings. The van der Waals surface area contributed by atoms with E-state index in [1.807, 2.05) is 0 Å². The van der Waals surface area contributed by atoms with Gasteiger partial charge in [0.25, 0.3) is 0 Å². The van der Waals surface area contributed by atoms with Gasteiger partial charge >= 0.3 is 5.97 Å². The van der Waals surface area contributed by atoms with Crippen LogP contribution < -0.4 is 21.7 Å². The van der Waals surface area contributed by atoms with Crippen molar-refractivity contribution in [1.29, 1.82) is 0 Å². The van der Waals surface area contributed by atoms with E-state index < -0.39 is 91.1 Å². The smallest absolute Gasteiger partial charge is 0.303 e. The van der Waals surface area contributed by atoms with Gasteiger partial charge in [0.15, 0.2) is 0 Å². The van der Waals surface area contributed by atoms with E-state index in [4.69, 9.17) is 20.7 Å². The predicted molar refractivity (Wildman–Crippen MR) is 122 cm³/mol. The van der Waals surface area contributed by atoms with Gasteiger partial charge in [-0.3, -0.25) is 24.0 Å². The maximum Gasteiger partial charge on any atom is 0.303 e. The van der Waals surface area contributed by atoms with E-state index in [2.05, 4.69) is 16.0 Å². The third-order valence-corrected chi connectivity index (χ3v) is 5.07. The van der Waals surface area contributed by atoms with Crippen LogP contribution in [0.1, 0.15) is 40.5 Å². The normalized spacial score (nSPS) is 17.0. The third-order valence-electron chi connectivity index (χ3n) is 5.07. The Bertz CT molecular complexity index is 792. The van der Waals surface area contributed by atoms with Gasteiger partial charge in [0.1, 0.15) is 48.8 Å². The largest absolute Gasteiger partial charge is 0.481 e. The van der Waals surface area contributed by atoms with Crippen LogP contribution in [0.25, 0.3) is 0 Å². The highest BCUT2D eigenvalue weighted by Crippen LogP contribution is 2.13. The average molecular weight is 521 g/mol. The number of nitrogens with two attached hydrogens (primary N) is 1. The van der Waals surface area contributed by atoms with Gasteiger partial charge in [-0.2, -0.15) is 0 Å². The van der Waals surface area contributed by atoms with Crippen molar-refractivity contribution in [2.24, 2.45) is 11.7 Å². The Morgan fingerprint density at radius 3 is 2.00 bits per heavy atom. The fourth-order valence-electron chi connectivity index (χ4n) is 3.05. The molecule has 0 aromatic carbocycles. The second-order valence-electron chi connectivity index (χ2n) is 8.47. The van der Waals surface area contributed by atoms with Gasteiger partial charge in [-0.25, -0.2) is 0 Å². The second kappa shape index (κ2) is 15.8. The lowest BCUT2D eigenvalue weighted by atomic mass is 10.0. The molecule has 15 nitrogen and oxygen atoms in total. The molecular formula is C21H36N4O11. The number of aliphatic hydroxyl groups is 3. The summed E-state index contributed by atoms with van der Waals surface area (Å²) in [5.74, 6) is -5.08. The van der Waals surface area contributed by atoms with Gasteiger partial charge in [0.05, 0.1) is 6.61 Å². The number of rotatable bonds is 17. The molecule has 9 N–H and O–H groups in total. The summed E-state index contributed by atoms with van der Waals surface area (Å²) < 4.78 is 5.45. The first kappa shape index (κ1) is 32.9. The van der Waals surface area contributed by atoms with Crippen molar-refractivity contribution in [3.8, 4) is 0 Å². The zero-order chi connectivity index (χ0) is 28.2. The van der Waals surface area contributed by atoms with Crippen molar-refractivity contribution < 1.29 is 53.9 Å². The fourth-order valence-corrected chi connectivity index (χ4v) is 3.05. The Morgan fingerprint density at radius 1 is 1.00 bits per heavy atom. The minimum atomic E-state index is -1.89. The lowest BCUT2D eigenvalue weighted by molar-refractivity contribution is -0.158. The molecule has 0 aliphatic carbocycles. The monoisotopic (exact) mass is 520 g/mol. The molecular weight excluding hydrogens is 484 g/mol. The average Bonchev–Trinajstić information content (AvgIpc) is 2.79. The van der Waals surface area contributed by atoms with Gasteiger partial charge in [-0.1, -0.05) is 13.8 Å². The zero-order valence-corrected chi connectivity index (χ0v) is 20.5. The van der Waals surface area contributed by atoms with Crippen LogP contribution in [0.3, 0.4) is 0 Å². The number of aliphatic hydroxyl groups excluding tert-OH is 3. The van der Waals surface area contributed by atoms with Crippen LogP contribution in [0.15, 0.2) is 0 Å². The summed E-state index contributed by atoms with van der Waals surface area (Å²) in [5, 5.41) is 44.9. The van der Waals surface area contributed by atoms with Crippen LogP contribution in [0.2, 0.25) is 0 Å². The van der Waals surface area contributed by atoms with Crippen LogP contribution in [0.4, 0.5) is 0 Å². The Kier molecular flexibility index (Phi) is 14.4. The molecule has 0 saturated heterocycles. The van der Waals surface area contributed by atoms with E-state index in [-0.39, 0.29) is 12.7 Å². The second-order valence-corrected chi connectivity index (χ2v) is 8.47. The maximum absolute atomic E-state index is 12.8. The van der Waals surface area contributed by atoms with Gasteiger partial charge in [0, 0.05) is 13.3 Å². The zero-order valence-electron chi connectivity index (χ0n) is 20.5. The summed E-state index contributed by atoms with van der Waals surface area (Å²) in [7, 11) is 0. The van der Waals surface area contributed by atoms with Crippen LogP contribution in [0.5, 0.6) is 0 Å². The summed E-state index contributed by atoms with van der Waals surface area (Å²) in [6.07, 6.45) is -7.25. The highest BCUT2D eigenvalue weighted by atomic mass is 16.5. The number of nitrogens with one attached hydrogen (secondary N) is 3. The number of ether oxygens (including phenoxy) is 1. The first-order valence-corrected chi connectivity index (χ1v) is 11.1. The summed E-state index contributed by atoms with van der Waals surface area (Å²) in [6, 6.07) is -4.02. The lowest BCUT2D eigenvalue weighted by Crippen LogP contribution is -2.58. The van der Waals surface area contributed by atoms with E-state index in [1.165, 1.54) is 6.92 Å². The van der Waals surface area contributed by atoms with E-state index in [1.54, 1.807) is 13.8 Å². The Morgan fingerprint density at radius 2 is 1.58 bits per heavy atom. The number of aliphatic carboxylic acids is 1. The van der Waals surface area contributed by atoms with Gasteiger partial charge in [-0.05, 0) is 19.3 Å². The molecule has 0 unspecified atom stereocenters. The highest BCUT2D eigenvalue weighted by Gasteiger charge is 2.37. The standard InChI is InChI=1S/C21H36N4O11/c1-9(2)16(21(35)24-12(19(22)33)5-6-15(30)31)25-20(34)10(3)36-18(17(32)14(29)8-27)13(7-26)23-11(4)28/h7,9-10,12-14,16-18,27,29,32H,5-6,8H2,1-4H3,(H2,22,33)(H,23,28)(H,24,35)(H,25,34)(H,30,31)/t10-,12-,13+,14-,16+,17-,18-/m1/s1. The van der Waals surface area contributed by atoms with Crippen molar-refractivity contribution in [3.05, 3.63) is 0 Å². The first-order valence-electron chi connectivity index (χ1n) is 11.1. The molecule has 0 aliphatic rings. The third kappa shape index (κ3) is 11.1. The summed E-state index contributed by atoms with van der Waals surface area (Å²) in [6.45, 7) is 4.54. The quantitative estimate of drug-likeness (QED) is 0.0861. The molecule has 0 aliphatic heterocycles. The van der Waals surface area contributed by atoms with Crippen molar-refractivity contribution >= 4 is 35.9 Å². The molecule has 0 heterocycles. The Labute approximate surface area is 207 Å². The maximum atomic E-state index is 12.8. The Balaban J connectivity index is 5.60. The molecule has 0 aromatic heterocycles. The number of carbonyl (C=O) groups is 6. The molecule has 0 saturated carbocycles. The molecule has 36 heavy (non-hydrogen) atoms. The number of carboxylic acids is 1. The van der Waals surface area contributed by atoms with E-state index in [0.29, 0.717) is 0 Å². The number of primary amides is 1. The fraction of sp³-hybridized carbons (Fsp3) is 0.714. The van der Waals surface area contributed by atoms with Crippen LogP contribution in [0, 0.1) is 5.92 Å². The van der Waals surface area contributed by atoms with Crippen molar-refractivity contribution in [2.75, 3.05) is 6.61 Å². The first-order chi connectivity index (χ1) is 16.7. The van der Waals surface area contributed by atoms with Crippen molar-refractivity contribution in [1.82, 2.24) is 16.0 Å². The topological polar surface area (TPSA) is 255 Å². The minimum Gasteiger partial charge on any atom is -0.481 e. The van der Waals surface area contributed by atoms with Gasteiger partial charge < -0.3 is 51.6 Å². The summed E-state index contributed by atoms with van der Waals surface area (Å²) >= 11 is 0. The highest BCUT2D eigenvalue weighted by molar-refractivity contribution is 5.92. The molecule has 4 amide bonds. The molecule has 15 heteroatoms. The van der Waals surface area contributed by atoms with E-state index >= 15 is 0 Å². The number of hydrogen-bond acceptors (Lipinski definition) is 10. The SMILES string of the molecule is CC(=O)N[C@@H](C=O)[C@@H](O[C@H](C)C(=O)N[C@H](C(=O)N[C@H](CCC(=O)O)C(N)=O)C(C)C)[C@H](O)[C@H](O)CO. The number of carboxylic acid groups (broad SMARTS) is 1. The van der Waals surface area contributed by atoms with Crippen LogP contribution in [-0.4, -0.2) is 105 Å². The van der Waals surface area contributed by atoms with Crippen LogP contribution in [-0.2, 0) is 33.5 Å². The molecule has 0 fully saturated rings. The van der Waals surface area contributed by atoms with E-state index in [9.17, 15) is 39.0 Å². The molecule has 7 atom stereocenters. The molecule has 0 radical (unpaired) electrons. The number of carbonyl (C=O) groups excluding carboxylic acids is 5. The lowest BCUT2D eigenvalue weighted by Gasteiger charge is -2.32. The summed E-state index contributed by atoms with van der Waals surface area (Å²) in [4.78, 5) is 70.7. The Hall–Kier alpha value is -3.14.